The van der Waals surface area contributed by atoms with E-state index in [-0.39, 0.29) is 42.2 Å². The van der Waals surface area contributed by atoms with Crippen molar-refractivity contribution in [1.29, 1.82) is 0 Å². The first-order valence-electron chi connectivity index (χ1n) is 9.47. The number of likely N-dealkylation sites (N-methyl/N-ethyl adjacent to an activating group) is 1. The molecule has 0 heterocycles. The third kappa shape index (κ3) is 7.81. The molecule has 158 valence electrons. The van der Waals surface area contributed by atoms with Crippen LogP contribution in [0.5, 0.6) is 5.75 Å². The molecule has 1 saturated carbocycles. The minimum Gasteiger partial charge on any atom is -0.497 e. The number of aliphatic imine (C=N–C) groups is 1. The number of halogens is 2. The largest absolute Gasteiger partial charge is 0.497 e. The van der Waals surface area contributed by atoms with E-state index in [1.54, 1.807) is 20.2 Å². The highest BCUT2D eigenvalue weighted by Gasteiger charge is 2.22. The van der Waals surface area contributed by atoms with Gasteiger partial charge in [-0.25, -0.2) is 9.38 Å². The maximum atomic E-state index is 13.7. The van der Waals surface area contributed by atoms with Crippen LogP contribution in [-0.4, -0.2) is 50.6 Å². The number of methoxy groups -OCH3 is 1. The Morgan fingerprint density at radius 2 is 2.00 bits per heavy atom. The van der Waals surface area contributed by atoms with Gasteiger partial charge in [0.25, 0.3) is 0 Å². The summed E-state index contributed by atoms with van der Waals surface area (Å²) in [5.74, 6) is 1.20. The Morgan fingerprint density at radius 3 is 2.64 bits per heavy atom. The van der Waals surface area contributed by atoms with Crippen LogP contribution in [0.1, 0.15) is 38.2 Å². The van der Waals surface area contributed by atoms with Crippen molar-refractivity contribution in [2.75, 3.05) is 27.7 Å². The molecule has 0 saturated heterocycles. The van der Waals surface area contributed by atoms with Crippen LogP contribution < -0.4 is 15.4 Å². The molecule has 2 atom stereocenters. The lowest BCUT2D eigenvalue weighted by atomic mass is 9.86. The van der Waals surface area contributed by atoms with E-state index in [0.717, 1.165) is 6.42 Å². The van der Waals surface area contributed by atoms with E-state index >= 15 is 0 Å². The SMILES string of the molecule is COc1cc(F)cc(CN=C(NCC(=O)N(C)C)NC2CCCCC2C)c1.I. The number of carbonyl (C=O) groups is 1. The predicted molar refractivity (Wildman–Crippen MR) is 121 cm³/mol. The third-order valence-electron chi connectivity index (χ3n) is 4.93. The summed E-state index contributed by atoms with van der Waals surface area (Å²) in [6.07, 6.45) is 4.70. The fourth-order valence-corrected chi connectivity index (χ4v) is 3.18. The molecule has 0 spiro atoms. The van der Waals surface area contributed by atoms with Crippen molar-refractivity contribution in [1.82, 2.24) is 15.5 Å². The molecule has 0 radical (unpaired) electrons. The number of ether oxygens (including phenoxy) is 1. The number of rotatable bonds is 6. The predicted octanol–water partition coefficient (Wildman–Crippen LogP) is 3.15. The maximum Gasteiger partial charge on any atom is 0.241 e. The lowest BCUT2D eigenvalue weighted by Gasteiger charge is -2.31. The van der Waals surface area contributed by atoms with Crippen LogP contribution in [0.3, 0.4) is 0 Å². The zero-order valence-corrected chi connectivity index (χ0v) is 19.5. The highest BCUT2D eigenvalue weighted by molar-refractivity contribution is 14.0. The van der Waals surface area contributed by atoms with Crippen molar-refractivity contribution in [2.45, 2.75) is 45.2 Å². The number of amides is 1. The molecule has 1 aliphatic carbocycles. The standard InChI is InChI=1S/C20H31FN4O2.HI/c1-14-7-5-6-8-18(14)24-20(23-13-19(26)25(2)3)22-12-15-9-16(21)11-17(10-15)27-4;/h9-11,14,18H,5-8,12-13H2,1-4H3,(H2,22,23,24);1H. The third-order valence-corrected chi connectivity index (χ3v) is 4.93. The van der Waals surface area contributed by atoms with Gasteiger partial charge in [0.05, 0.1) is 20.2 Å². The van der Waals surface area contributed by atoms with E-state index in [1.807, 2.05) is 0 Å². The number of nitrogens with one attached hydrogen (secondary N) is 2. The Hall–Kier alpha value is -1.58. The van der Waals surface area contributed by atoms with Gasteiger partial charge in [-0.05, 0) is 36.5 Å². The Bertz CT molecular complexity index is 670. The van der Waals surface area contributed by atoms with Gasteiger partial charge in [0, 0.05) is 26.2 Å². The number of guanidine groups is 1. The summed E-state index contributed by atoms with van der Waals surface area (Å²) >= 11 is 0. The van der Waals surface area contributed by atoms with Crippen LogP contribution in [0.15, 0.2) is 23.2 Å². The molecule has 1 fully saturated rings. The summed E-state index contributed by atoms with van der Waals surface area (Å²) < 4.78 is 18.8. The monoisotopic (exact) mass is 506 g/mol. The van der Waals surface area contributed by atoms with E-state index < -0.39 is 0 Å². The Kier molecular flexibility index (Phi) is 10.6. The fraction of sp³-hybridized carbons (Fsp3) is 0.600. The molecule has 2 rings (SSSR count). The van der Waals surface area contributed by atoms with E-state index in [4.69, 9.17) is 4.74 Å². The topological polar surface area (TPSA) is 66.0 Å². The van der Waals surface area contributed by atoms with Crippen molar-refractivity contribution in [2.24, 2.45) is 10.9 Å². The number of nitrogens with zero attached hydrogens (tertiary/aromatic N) is 2. The lowest BCUT2D eigenvalue weighted by Crippen LogP contribution is -2.49. The Balaban J connectivity index is 0.00000392. The minimum atomic E-state index is -0.356. The number of hydrogen-bond donors (Lipinski definition) is 2. The molecule has 6 nitrogen and oxygen atoms in total. The van der Waals surface area contributed by atoms with Crippen LogP contribution in [0, 0.1) is 11.7 Å². The van der Waals surface area contributed by atoms with Crippen LogP contribution in [0.2, 0.25) is 0 Å². The van der Waals surface area contributed by atoms with Crippen molar-refractivity contribution >= 4 is 35.8 Å². The summed E-state index contributed by atoms with van der Waals surface area (Å²) in [7, 11) is 4.95. The molecule has 2 unspecified atom stereocenters. The van der Waals surface area contributed by atoms with Gasteiger partial charge in [-0.2, -0.15) is 0 Å². The first-order chi connectivity index (χ1) is 12.9. The first-order valence-corrected chi connectivity index (χ1v) is 9.47. The zero-order valence-electron chi connectivity index (χ0n) is 17.1. The average molecular weight is 506 g/mol. The molecule has 8 heteroatoms. The molecular formula is C20H32FIN4O2. The lowest BCUT2D eigenvalue weighted by molar-refractivity contribution is -0.127. The molecule has 0 aliphatic heterocycles. The van der Waals surface area contributed by atoms with Gasteiger partial charge >= 0.3 is 0 Å². The summed E-state index contributed by atoms with van der Waals surface area (Å²) in [5, 5.41) is 6.56. The molecular weight excluding hydrogens is 474 g/mol. The summed E-state index contributed by atoms with van der Waals surface area (Å²) in [5.41, 5.74) is 0.712. The highest BCUT2D eigenvalue weighted by atomic mass is 127. The molecule has 2 N–H and O–H groups in total. The maximum absolute atomic E-state index is 13.7. The average Bonchev–Trinajstić information content (AvgIpc) is 2.64. The second kappa shape index (κ2) is 12.1. The van der Waals surface area contributed by atoms with Crippen molar-refractivity contribution in [3.8, 4) is 5.75 Å². The summed E-state index contributed by atoms with van der Waals surface area (Å²) in [4.78, 5) is 18.0. The first kappa shape index (κ1) is 24.5. The number of benzene rings is 1. The van der Waals surface area contributed by atoms with Crippen LogP contribution in [0.25, 0.3) is 0 Å². The highest BCUT2D eigenvalue weighted by Crippen LogP contribution is 2.23. The normalized spacial score (nSPS) is 19.4. The molecule has 1 aromatic carbocycles. The van der Waals surface area contributed by atoms with Gasteiger partial charge in [-0.15, -0.1) is 24.0 Å². The zero-order chi connectivity index (χ0) is 19.8. The Labute approximate surface area is 184 Å². The van der Waals surface area contributed by atoms with Crippen molar-refractivity contribution in [3.63, 3.8) is 0 Å². The molecule has 1 aliphatic rings. The second-order valence-corrected chi connectivity index (χ2v) is 7.32. The van der Waals surface area contributed by atoms with Gasteiger partial charge in [0.1, 0.15) is 11.6 Å². The molecule has 28 heavy (non-hydrogen) atoms. The molecule has 1 amide bonds. The Morgan fingerprint density at radius 1 is 1.29 bits per heavy atom. The van der Waals surface area contributed by atoms with Gasteiger partial charge in [0.15, 0.2) is 5.96 Å². The van der Waals surface area contributed by atoms with E-state index in [2.05, 4.69) is 22.5 Å². The van der Waals surface area contributed by atoms with Gasteiger partial charge in [-0.1, -0.05) is 19.8 Å². The second-order valence-electron chi connectivity index (χ2n) is 7.32. The van der Waals surface area contributed by atoms with E-state index in [0.29, 0.717) is 35.8 Å². The van der Waals surface area contributed by atoms with E-state index in [1.165, 1.54) is 43.4 Å². The van der Waals surface area contributed by atoms with Crippen molar-refractivity contribution in [3.05, 3.63) is 29.6 Å². The van der Waals surface area contributed by atoms with E-state index in [9.17, 15) is 9.18 Å². The fourth-order valence-electron chi connectivity index (χ4n) is 3.18. The minimum absolute atomic E-state index is 0. The molecule has 1 aromatic rings. The summed E-state index contributed by atoms with van der Waals surface area (Å²) in [6.45, 7) is 2.68. The molecule has 0 bridgehead atoms. The van der Waals surface area contributed by atoms with Crippen LogP contribution in [0.4, 0.5) is 4.39 Å². The van der Waals surface area contributed by atoms with Gasteiger partial charge in [0.2, 0.25) is 5.91 Å². The van der Waals surface area contributed by atoms with Crippen LogP contribution in [-0.2, 0) is 11.3 Å². The number of carbonyl (C=O) groups excluding carboxylic acids is 1. The van der Waals surface area contributed by atoms with Crippen LogP contribution >= 0.6 is 24.0 Å². The summed E-state index contributed by atoms with van der Waals surface area (Å²) in [6, 6.07) is 4.86. The van der Waals surface area contributed by atoms with Gasteiger partial charge < -0.3 is 20.3 Å². The number of hydrogen-bond acceptors (Lipinski definition) is 3. The van der Waals surface area contributed by atoms with Crippen molar-refractivity contribution < 1.29 is 13.9 Å². The quantitative estimate of drug-likeness (QED) is 0.354. The van der Waals surface area contributed by atoms with Gasteiger partial charge in [-0.3, -0.25) is 4.79 Å². The molecule has 0 aromatic heterocycles. The smallest absolute Gasteiger partial charge is 0.241 e.